The number of hydrogen-bond acceptors (Lipinski definition) is 7. The van der Waals surface area contributed by atoms with Gasteiger partial charge in [0.2, 0.25) is 17.0 Å². The van der Waals surface area contributed by atoms with Crippen molar-refractivity contribution in [1.29, 1.82) is 0 Å². The Hall–Kier alpha value is -3.04. The molecule has 0 spiro atoms. The molecule has 0 radical (unpaired) electrons. The van der Waals surface area contributed by atoms with Gasteiger partial charge in [0.15, 0.2) is 0 Å². The number of halogens is 1. The zero-order valence-corrected chi connectivity index (χ0v) is 18.6. The van der Waals surface area contributed by atoms with Crippen LogP contribution in [-0.2, 0) is 11.3 Å². The molecule has 2 saturated carbocycles. The number of pyridine rings is 2. The van der Waals surface area contributed by atoms with Crippen LogP contribution in [0.5, 0.6) is 0 Å². The summed E-state index contributed by atoms with van der Waals surface area (Å²) < 4.78 is 6.32. The molecule has 4 heterocycles. The number of aromatic nitrogens is 5. The highest BCUT2D eigenvalue weighted by molar-refractivity contribution is 7.09. The standard InChI is InChI=1S/C22H20ClN7OS/c23-17-2-1-7-24-19(17)15-8-16(15)20(31)27-21-28-22(32-29-21)25-9-14-11-30-10-13(12-3-4-12)5-6-18(30)26-14/h1-2,5-7,10-12,15-16H,3-4,8-9H2,(H2,25,27,28,29,31)/t15-,16-/m0/s1. The molecule has 162 valence electrons. The normalized spacial score (nSPS) is 19.8. The average Bonchev–Trinajstić information content (AvgIpc) is 3.71. The van der Waals surface area contributed by atoms with E-state index in [1.54, 1.807) is 18.3 Å². The highest BCUT2D eigenvalue weighted by Gasteiger charge is 2.46. The lowest BCUT2D eigenvalue weighted by Crippen LogP contribution is -2.15. The van der Waals surface area contributed by atoms with Gasteiger partial charge in [0.25, 0.3) is 0 Å². The van der Waals surface area contributed by atoms with Crippen LogP contribution in [0.2, 0.25) is 5.02 Å². The van der Waals surface area contributed by atoms with Crippen molar-refractivity contribution in [1.82, 2.24) is 23.7 Å². The van der Waals surface area contributed by atoms with Gasteiger partial charge < -0.3 is 9.72 Å². The molecule has 0 saturated heterocycles. The number of fused-ring (bicyclic) bond motifs is 1. The summed E-state index contributed by atoms with van der Waals surface area (Å²) in [6.07, 6.45) is 9.20. The van der Waals surface area contributed by atoms with E-state index in [2.05, 4.69) is 52.7 Å². The largest absolute Gasteiger partial charge is 0.355 e. The van der Waals surface area contributed by atoms with Crippen molar-refractivity contribution >= 4 is 45.8 Å². The number of hydrogen-bond donors (Lipinski definition) is 2. The zero-order chi connectivity index (χ0) is 21.7. The van der Waals surface area contributed by atoms with E-state index in [1.807, 2.05) is 6.20 Å². The summed E-state index contributed by atoms with van der Waals surface area (Å²) in [5.74, 6) is 0.818. The Morgan fingerprint density at radius 2 is 2.12 bits per heavy atom. The van der Waals surface area contributed by atoms with Gasteiger partial charge in [-0.05, 0) is 48.9 Å². The second-order valence-electron chi connectivity index (χ2n) is 8.32. The van der Waals surface area contributed by atoms with Crippen molar-refractivity contribution in [3.05, 3.63) is 64.8 Å². The summed E-state index contributed by atoms with van der Waals surface area (Å²) >= 11 is 7.41. The Morgan fingerprint density at radius 3 is 2.97 bits per heavy atom. The van der Waals surface area contributed by atoms with Gasteiger partial charge in [-0.15, -0.1) is 0 Å². The van der Waals surface area contributed by atoms with E-state index in [4.69, 9.17) is 11.6 Å². The van der Waals surface area contributed by atoms with E-state index in [-0.39, 0.29) is 17.7 Å². The lowest BCUT2D eigenvalue weighted by atomic mass is 10.2. The van der Waals surface area contributed by atoms with Crippen LogP contribution >= 0.6 is 23.1 Å². The summed E-state index contributed by atoms with van der Waals surface area (Å²) in [6.45, 7) is 0.534. The van der Waals surface area contributed by atoms with Gasteiger partial charge in [-0.25, -0.2) is 4.98 Å². The van der Waals surface area contributed by atoms with Crippen molar-refractivity contribution in [3.63, 3.8) is 0 Å². The molecule has 0 unspecified atom stereocenters. The molecule has 10 heteroatoms. The molecule has 4 aromatic heterocycles. The average molecular weight is 466 g/mol. The van der Waals surface area contributed by atoms with E-state index < -0.39 is 0 Å². The summed E-state index contributed by atoms with van der Waals surface area (Å²) in [4.78, 5) is 25.9. The number of amides is 1. The Labute approximate surface area is 193 Å². The van der Waals surface area contributed by atoms with Crippen LogP contribution in [0.25, 0.3) is 5.65 Å². The van der Waals surface area contributed by atoms with Crippen molar-refractivity contribution in [2.75, 3.05) is 10.6 Å². The maximum atomic E-state index is 12.5. The third-order valence-corrected chi connectivity index (χ3v) is 6.91. The number of carbonyl (C=O) groups is 1. The summed E-state index contributed by atoms with van der Waals surface area (Å²) in [5, 5.41) is 7.28. The molecule has 0 aromatic carbocycles. The predicted octanol–water partition coefficient (Wildman–Crippen LogP) is 4.47. The van der Waals surface area contributed by atoms with Gasteiger partial charge in [-0.2, -0.15) is 9.36 Å². The molecule has 2 aliphatic carbocycles. The monoisotopic (exact) mass is 465 g/mol. The first-order valence-corrected chi connectivity index (χ1v) is 11.8. The molecule has 4 aromatic rings. The van der Waals surface area contributed by atoms with E-state index in [9.17, 15) is 4.79 Å². The number of rotatable bonds is 7. The fourth-order valence-corrected chi connectivity index (χ4v) is 4.76. The smallest absolute Gasteiger partial charge is 0.243 e. The Morgan fingerprint density at radius 1 is 1.22 bits per heavy atom. The minimum absolute atomic E-state index is 0.0513. The van der Waals surface area contributed by atoms with Crippen molar-refractivity contribution in [3.8, 4) is 0 Å². The fourth-order valence-electron chi connectivity index (χ4n) is 3.98. The van der Waals surface area contributed by atoms with Gasteiger partial charge in [0.05, 0.1) is 23.0 Å². The fraction of sp³-hybridized carbons (Fsp3) is 0.318. The summed E-state index contributed by atoms with van der Waals surface area (Å²) in [6, 6.07) is 7.82. The van der Waals surface area contributed by atoms with E-state index in [0.29, 0.717) is 28.6 Å². The topological polar surface area (TPSA) is 97.1 Å². The first-order chi connectivity index (χ1) is 15.6. The molecule has 8 nitrogen and oxygen atoms in total. The van der Waals surface area contributed by atoms with Crippen LogP contribution in [-0.4, -0.2) is 29.6 Å². The van der Waals surface area contributed by atoms with Gasteiger partial charge in [0, 0.05) is 42.0 Å². The molecule has 1 amide bonds. The second kappa shape index (κ2) is 7.83. The van der Waals surface area contributed by atoms with Crippen LogP contribution < -0.4 is 10.6 Å². The maximum Gasteiger partial charge on any atom is 0.243 e. The quantitative estimate of drug-likeness (QED) is 0.418. The number of carbonyl (C=O) groups excluding carboxylic acids is 1. The van der Waals surface area contributed by atoms with Crippen LogP contribution in [0.4, 0.5) is 11.1 Å². The van der Waals surface area contributed by atoms with Gasteiger partial charge in [-0.3, -0.25) is 15.1 Å². The molecular formula is C22H20ClN7OS. The highest BCUT2D eigenvalue weighted by atomic mass is 35.5. The summed E-state index contributed by atoms with van der Waals surface area (Å²) in [7, 11) is 0. The van der Waals surface area contributed by atoms with Crippen molar-refractivity contribution in [2.45, 2.75) is 37.6 Å². The lowest BCUT2D eigenvalue weighted by molar-refractivity contribution is -0.117. The molecule has 2 fully saturated rings. The molecule has 2 aliphatic rings. The Kier molecular flexibility index (Phi) is 4.80. The van der Waals surface area contributed by atoms with E-state index >= 15 is 0 Å². The molecule has 2 N–H and O–H groups in total. The second-order valence-corrected chi connectivity index (χ2v) is 9.48. The summed E-state index contributed by atoms with van der Waals surface area (Å²) in [5.41, 5.74) is 4.01. The molecular weight excluding hydrogens is 446 g/mol. The van der Waals surface area contributed by atoms with Crippen LogP contribution in [0.15, 0.2) is 42.9 Å². The zero-order valence-electron chi connectivity index (χ0n) is 17.0. The minimum Gasteiger partial charge on any atom is -0.355 e. The van der Waals surface area contributed by atoms with Crippen LogP contribution in [0, 0.1) is 5.92 Å². The van der Waals surface area contributed by atoms with Gasteiger partial charge in [-0.1, -0.05) is 17.7 Å². The first-order valence-electron chi connectivity index (χ1n) is 10.6. The van der Waals surface area contributed by atoms with Crippen LogP contribution in [0.3, 0.4) is 0 Å². The minimum atomic E-state index is -0.152. The van der Waals surface area contributed by atoms with Gasteiger partial charge in [0.1, 0.15) is 5.65 Å². The number of imidazole rings is 1. The highest BCUT2D eigenvalue weighted by Crippen LogP contribution is 2.49. The molecule has 0 bridgehead atoms. The number of nitrogens with zero attached hydrogens (tertiary/aromatic N) is 5. The van der Waals surface area contributed by atoms with E-state index in [1.165, 1.54) is 29.9 Å². The van der Waals surface area contributed by atoms with Crippen LogP contribution in [0.1, 0.15) is 48.0 Å². The molecule has 2 atom stereocenters. The third kappa shape index (κ3) is 3.93. The molecule has 6 rings (SSSR count). The molecule has 0 aliphatic heterocycles. The van der Waals surface area contributed by atoms with Crippen molar-refractivity contribution in [2.24, 2.45) is 5.92 Å². The Balaban J connectivity index is 1.05. The molecule has 32 heavy (non-hydrogen) atoms. The number of anilines is 2. The van der Waals surface area contributed by atoms with E-state index in [0.717, 1.165) is 23.5 Å². The van der Waals surface area contributed by atoms with Crippen molar-refractivity contribution < 1.29 is 4.79 Å². The maximum absolute atomic E-state index is 12.5. The third-order valence-electron chi connectivity index (χ3n) is 5.92. The number of nitrogens with one attached hydrogen (secondary N) is 2. The SMILES string of the molecule is O=C(Nc1nsc(NCc2cn3cc(C4CC4)ccc3n2)n1)[C@H]1C[C@@H]1c1ncccc1Cl. The predicted molar refractivity (Wildman–Crippen MR) is 123 cm³/mol. The Bertz CT molecular complexity index is 1310. The lowest BCUT2D eigenvalue weighted by Gasteiger charge is -2.02. The van der Waals surface area contributed by atoms with Gasteiger partial charge >= 0.3 is 0 Å². The first kappa shape index (κ1) is 19.6.